The molecule has 0 radical (unpaired) electrons. The summed E-state index contributed by atoms with van der Waals surface area (Å²) >= 11 is 0. The second-order valence-corrected chi connectivity index (χ2v) is 6.54. The molecule has 1 amide bonds. The van der Waals surface area contributed by atoms with Crippen molar-refractivity contribution in [2.75, 3.05) is 26.1 Å². The maximum Gasteiger partial charge on any atom is 0.331 e. The van der Waals surface area contributed by atoms with Crippen molar-refractivity contribution in [2.45, 2.75) is 0 Å². The molecule has 32 heavy (non-hydrogen) atoms. The molecule has 0 aliphatic carbocycles. The minimum absolute atomic E-state index is 0.412. The average Bonchev–Trinajstić information content (AvgIpc) is 2.83. The zero-order valence-electron chi connectivity index (χ0n) is 17.7. The fourth-order valence-electron chi connectivity index (χ4n) is 2.73. The van der Waals surface area contributed by atoms with E-state index < -0.39 is 18.5 Å². The molecule has 0 bridgehead atoms. The number of hydrogen-bond acceptors (Lipinski definition) is 6. The van der Waals surface area contributed by atoms with Crippen LogP contribution in [0.15, 0.2) is 78.9 Å². The first-order chi connectivity index (χ1) is 15.6. The van der Waals surface area contributed by atoms with E-state index >= 15 is 0 Å². The Labute approximate surface area is 186 Å². The molecule has 0 aromatic heterocycles. The Kier molecular flexibility index (Phi) is 7.86. The molecule has 3 aromatic carbocycles. The summed E-state index contributed by atoms with van der Waals surface area (Å²) < 4.78 is 21.1. The molecule has 0 atom stereocenters. The van der Waals surface area contributed by atoms with Gasteiger partial charge in [0.15, 0.2) is 6.61 Å². The Morgan fingerprint density at radius 1 is 0.844 bits per heavy atom. The van der Waals surface area contributed by atoms with Crippen LogP contribution in [0.3, 0.4) is 0 Å². The van der Waals surface area contributed by atoms with Gasteiger partial charge < -0.3 is 24.3 Å². The first-order valence-electron chi connectivity index (χ1n) is 9.77. The molecule has 3 aromatic rings. The number of carbonyl (C=O) groups is 2. The van der Waals surface area contributed by atoms with Crippen molar-refractivity contribution in [1.82, 2.24) is 0 Å². The van der Waals surface area contributed by atoms with E-state index in [0.717, 1.165) is 5.75 Å². The fraction of sp³-hybridized carbons (Fsp3) is 0.120. The normalized spacial score (nSPS) is 10.4. The van der Waals surface area contributed by atoms with Crippen LogP contribution < -0.4 is 19.5 Å². The Bertz CT molecular complexity index is 1080. The summed E-state index contributed by atoms with van der Waals surface area (Å²) in [6, 6.07) is 21.4. The minimum atomic E-state index is -0.648. The Morgan fingerprint density at radius 2 is 1.53 bits per heavy atom. The van der Waals surface area contributed by atoms with Gasteiger partial charge in [0.05, 0.1) is 14.2 Å². The highest BCUT2D eigenvalue weighted by molar-refractivity contribution is 5.94. The zero-order chi connectivity index (χ0) is 22.8. The smallest absolute Gasteiger partial charge is 0.331 e. The number of ether oxygens (including phenoxy) is 4. The number of anilines is 1. The van der Waals surface area contributed by atoms with Gasteiger partial charge in [-0.15, -0.1) is 0 Å². The first-order valence-corrected chi connectivity index (χ1v) is 9.77. The number of amides is 1. The van der Waals surface area contributed by atoms with Gasteiger partial charge in [0, 0.05) is 23.4 Å². The lowest BCUT2D eigenvalue weighted by molar-refractivity contribution is -0.142. The van der Waals surface area contributed by atoms with Crippen LogP contribution in [0, 0.1) is 0 Å². The molecule has 1 N–H and O–H groups in total. The van der Waals surface area contributed by atoms with Gasteiger partial charge >= 0.3 is 5.97 Å². The summed E-state index contributed by atoms with van der Waals surface area (Å²) in [4.78, 5) is 24.0. The van der Waals surface area contributed by atoms with Crippen LogP contribution in [0.2, 0.25) is 0 Å². The Hall–Kier alpha value is -4.26. The van der Waals surface area contributed by atoms with Crippen LogP contribution in [-0.4, -0.2) is 32.7 Å². The number of benzene rings is 3. The molecule has 164 valence electrons. The monoisotopic (exact) mass is 433 g/mol. The molecule has 7 heteroatoms. The Morgan fingerprint density at radius 3 is 2.22 bits per heavy atom. The number of esters is 1. The van der Waals surface area contributed by atoms with Crippen molar-refractivity contribution < 1.29 is 28.5 Å². The lowest BCUT2D eigenvalue weighted by Gasteiger charge is -2.08. The summed E-state index contributed by atoms with van der Waals surface area (Å²) in [6.45, 7) is -0.412. The highest BCUT2D eigenvalue weighted by atomic mass is 16.5. The largest absolute Gasteiger partial charge is 0.497 e. The maximum absolute atomic E-state index is 12.1. The van der Waals surface area contributed by atoms with Crippen molar-refractivity contribution in [2.24, 2.45) is 0 Å². The van der Waals surface area contributed by atoms with Gasteiger partial charge in [-0.05, 0) is 54.6 Å². The summed E-state index contributed by atoms with van der Waals surface area (Å²) in [5.74, 6) is 1.44. The molecular weight excluding hydrogens is 410 g/mol. The molecule has 3 rings (SSSR count). The van der Waals surface area contributed by atoms with Crippen LogP contribution in [0.5, 0.6) is 23.0 Å². The van der Waals surface area contributed by atoms with E-state index in [-0.39, 0.29) is 0 Å². The second-order valence-electron chi connectivity index (χ2n) is 6.54. The van der Waals surface area contributed by atoms with Crippen LogP contribution in [0.1, 0.15) is 5.56 Å². The maximum atomic E-state index is 12.1. The van der Waals surface area contributed by atoms with Crippen LogP contribution in [0.4, 0.5) is 5.69 Å². The van der Waals surface area contributed by atoms with Gasteiger partial charge in [-0.25, -0.2) is 4.79 Å². The molecule has 0 aliphatic heterocycles. The molecule has 7 nitrogen and oxygen atoms in total. The molecule has 0 spiro atoms. The lowest BCUT2D eigenvalue weighted by atomic mass is 10.2. The van der Waals surface area contributed by atoms with Gasteiger partial charge in [0.1, 0.15) is 23.0 Å². The summed E-state index contributed by atoms with van der Waals surface area (Å²) in [7, 11) is 3.08. The molecule has 0 fully saturated rings. The zero-order valence-corrected chi connectivity index (χ0v) is 17.7. The number of methoxy groups -OCH3 is 2. The number of para-hydroxylation sites is 1. The third-order valence-electron chi connectivity index (χ3n) is 4.30. The quantitative estimate of drug-likeness (QED) is 0.389. The average molecular weight is 433 g/mol. The van der Waals surface area contributed by atoms with Crippen LogP contribution in [0.25, 0.3) is 6.08 Å². The van der Waals surface area contributed by atoms with Gasteiger partial charge in [0.2, 0.25) is 0 Å². The van der Waals surface area contributed by atoms with E-state index in [1.165, 1.54) is 13.2 Å². The number of hydrogen-bond donors (Lipinski definition) is 1. The van der Waals surface area contributed by atoms with Crippen molar-refractivity contribution in [1.29, 1.82) is 0 Å². The molecular formula is C25H23NO6. The van der Waals surface area contributed by atoms with E-state index in [1.54, 1.807) is 55.7 Å². The van der Waals surface area contributed by atoms with Crippen molar-refractivity contribution in [3.05, 3.63) is 84.4 Å². The van der Waals surface area contributed by atoms with Crippen molar-refractivity contribution in [3.8, 4) is 23.0 Å². The predicted molar refractivity (Wildman–Crippen MR) is 121 cm³/mol. The molecule has 0 saturated heterocycles. The van der Waals surface area contributed by atoms with Crippen LogP contribution >= 0.6 is 0 Å². The Balaban J connectivity index is 1.47. The van der Waals surface area contributed by atoms with Gasteiger partial charge in [-0.1, -0.05) is 18.2 Å². The predicted octanol–water partition coefficient (Wildman–Crippen LogP) is 4.69. The van der Waals surface area contributed by atoms with Crippen LogP contribution in [-0.2, 0) is 14.3 Å². The van der Waals surface area contributed by atoms with E-state index in [1.807, 2.05) is 30.3 Å². The first kappa shape index (κ1) is 22.4. The fourth-order valence-corrected chi connectivity index (χ4v) is 2.73. The van der Waals surface area contributed by atoms with Gasteiger partial charge in [0.25, 0.3) is 5.91 Å². The lowest BCUT2D eigenvalue weighted by Crippen LogP contribution is -2.20. The van der Waals surface area contributed by atoms with E-state index in [4.69, 9.17) is 18.9 Å². The minimum Gasteiger partial charge on any atom is -0.497 e. The third-order valence-corrected chi connectivity index (χ3v) is 4.30. The van der Waals surface area contributed by atoms with Gasteiger partial charge in [-0.2, -0.15) is 0 Å². The standard InChI is InChI=1S/C25H23NO6/c1-29-22-12-8-18(23(16-22)30-2)9-15-25(28)31-17-24(27)26-19-10-13-21(14-11-19)32-20-6-4-3-5-7-20/h3-16H,17H2,1-2H3,(H,26,27)/b15-9+. The van der Waals surface area contributed by atoms with E-state index in [2.05, 4.69) is 5.32 Å². The number of nitrogens with one attached hydrogen (secondary N) is 1. The molecule has 0 aliphatic rings. The third kappa shape index (κ3) is 6.63. The molecule has 0 saturated carbocycles. The highest BCUT2D eigenvalue weighted by Gasteiger charge is 2.07. The summed E-state index contributed by atoms with van der Waals surface area (Å²) in [5.41, 5.74) is 1.23. The SMILES string of the molecule is COc1ccc(/C=C/C(=O)OCC(=O)Nc2ccc(Oc3ccccc3)cc2)c(OC)c1. The van der Waals surface area contributed by atoms with E-state index in [0.29, 0.717) is 28.5 Å². The van der Waals surface area contributed by atoms with Crippen molar-refractivity contribution in [3.63, 3.8) is 0 Å². The van der Waals surface area contributed by atoms with E-state index in [9.17, 15) is 9.59 Å². The second kappa shape index (κ2) is 11.2. The molecule has 0 heterocycles. The molecule has 0 unspecified atom stereocenters. The highest BCUT2D eigenvalue weighted by Crippen LogP contribution is 2.25. The number of carbonyl (C=O) groups excluding carboxylic acids is 2. The summed E-state index contributed by atoms with van der Waals surface area (Å²) in [5, 5.41) is 2.66. The van der Waals surface area contributed by atoms with Crippen molar-refractivity contribution >= 4 is 23.6 Å². The topological polar surface area (TPSA) is 83.1 Å². The van der Waals surface area contributed by atoms with Gasteiger partial charge in [-0.3, -0.25) is 4.79 Å². The number of rotatable bonds is 9. The summed E-state index contributed by atoms with van der Waals surface area (Å²) in [6.07, 6.45) is 2.78.